The fourth-order valence-electron chi connectivity index (χ4n) is 3.34. The minimum atomic E-state index is -1.27. The highest BCUT2D eigenvalue weighted by Crippen LogP contribution is 2.35. The molecule has 1 fully saturated rings. The summed E-state index contributed by atoms with van der Waals surface area (Å²) in [6.45, 7) is 0.120. The van der Waals surface area contributed by atoms with E-state index in [1.54, 1.807) is 0 Å². The van der Waals surface area contributed by atoms with E-state index in [4.69, 9.17) is 0 Å². The number of nitrogens with zero attached hydrogens (tertiary/aromatic N) is 1. The quantitative estimate of drug-likeness (QED) is 0.626. The van der Waals surface area contributed by atoms with Crippen LogP contribution in [0, 0.1) is 23.4 Å². The summed E-state index contributed by atoms with van der Waals surface area (Å²) >= 11 is 0. The number of hydrogen-bond donors (Lipinski definition) is 1. The lowest BCUT2D eigenvalue weighted by Crippen LogP contribution is -2.33. The highest BCUT2D eigenvalue weighted by atomic mass is 19.2. The van der Waals surface area contributed by atoms with Gasteiger partial charge in [0.25, 0.3) is 0 Å². The van der Waals surface area contributed by atoms with Crippen molar-refractivity contribution in [2.75, 3.05) is 26.0 Å². The fourth-order valence-corrected chi connectivity index (χ4v) is 3.34. The Labute approximate surface area is 164 Å². The molecule has 2 aromatic rings. The molecule has 152 valence electrons. The Hall–Kier alpha value is -3.36. The zero-order valence-electron chi connectivity index (χ0n) is 15.5. The van der Waals surface area contributed by atoms with Crippen LogP contribution in [0.3, 0.4) is 0 Å². The van der Waals surface area contributed by atoms with Gasteiger partial charge in [-0.3, -0.25) is 9.59 Å². The first kappa shape index (κ1) is 20.4. The van der Waals surface area contributed by atoms with Gasteiger partial charge in [0.1, 0.15) is 11.7 Å². The second-order valence-corrected chi connectivity index (χ2v) is 6.62. The second-order valence-electron chi connectivity index (χ2n) is 6.62. The number of ether oxygens (including phenoxy) is 1. The zero-order chi connectivity index (χ0) is 21.3. The lowest BCUT2D eigenvalue weighted by Gasteiger charge is -2.18. The Bertz CT molecular complexity index is 996. The Kier molecular flexibility index (Phi) is 5.58. The molecule has 29 heavy (non-hydrogen) atoms. The van der Waals surface area contributed by atoms with E-state index in [-0.39, 0.29) is 12.1 Å². The summed E-state index contributed by atoms with van der Waals surface area (Å²) in [5, 5.41) is 2.24. The third-order valence-corrected chi connectivity index (χ3v) is 4.83. The Balaban J connectivity index is 1.94. The topological polar surface area (TPSA) is 75.7 Å². The van der Waals surface area contributed by atoms with Crippen molar-refractivity contribution in [2.45, 2.75) is 5.92 Å². The maximum Gasteiger partial charge on any atom is 0.340 e. The minimum absolute atomic E-state index is 0.120. The van der Waals surface area contributed by atoms with E-state index in [2.05, 4.69) is 10.1 Å². The standard InChI is InChI=1S/C20H17F3N2O4/c1-25-9-12(10-6-7-13(21)11(8-10)20(28)29-2)16(19(25)27)18(26)24-15-5-3-4-14(22)17(15)23/h3-8,12,16H,9H2,1-2H3,(H,24,26)/t12-,16+/m1/s1. The van der Waals surface area contributed by atoms with Gasteiger partial charge in [-0.2, -0.15) is 0 Å². The monoisotopic (exact) mass is 406 g/mol. The van der Waals surface area contributed by atoms with Gasteiger partial charge in [-0.15, -0.1) is 0 Å². The number of halogens is 3. The van der Waals surface area contributed by atoms with Crippen molar-refractivity contribution in [1.29, 1.82) is 0 Å². The molecule has 1 aliphatic heterocycles. The van der Waals surface area contributed by atoms with Crippen LogP contribution in [0.1, 0.15) is 21.8 Å². The summed E-state index contributed by atoms with van der Waals surface area (Å²) in [7, 11) is 2.58. The molecule has 0 saturated carbocycles. The lowest BCUT2D eigenvalue weighted by molar-refractivity contribution is -0.135. The van der Waals surface area contributed by atoms with Crippen LogP contribution in [-0.2, 0) is 14.3 Å². The van der Waals surface area contributed by atoms with Gasteiger partial charge < -0.3 is 15.0 Å². The number of esters is 1. The third kappa shape index (κ3) is 3.80. The molecule has 0 bridgehead atoms. The predicted octanol–water partition coefficient (Wildman–Crippen LogP) is 2.70. The number of carbonyl (C=O) groups excluding carboxylic acids is 3. The maximum absolute atomic E-state index is 13.9. The molecular weight excluding hydrogens is 389 g/mol. The van der Waals surface area contributed by atoms with Gasteiger partial charge in [0.05, 0.1) is 18.4 Å². The predicted molar refractivity (Wildman–Crippen MR) is 96.6 cm³/mol. The van der Waals surface area contributed by atoms with Gasteiger partial charge in [-0.25, -0.2) is 18.0 Å². The molecule has 2 aromatic carbocycles. The number of anilines is 1. The van der Waals surface area contributed by atoms with E-state index in [1.165, 1.54) is 36.2 Å². The van der Waals surface area contributed by atoms with Gasteiger partial charge in [-0.05, 0) is 29.8 Å². The van der Waals surface area contributed by atoms with Crippen LogP contribution in [0.5, 0.6) is 0 Å². The first-order valence-electron chi connectivity index (χ1n) is 8.62. The molecule has 3 rings (SSSR count). The number of likely N-dealkylation sites (N-methyl/N-ethyl adjacent to an activating group) is 1. The maximum atomic E-state index is 13.9. The SMILES string of the molecule is COC(=O)c1cc([C@H]2CN(C)C(=O)[C@@H]2C(=O)Nc2cccc(F)c2F)ccc1F. The Morgan fingerprint density at radius 2 is 1.86 bits per heavy atom. The summed E-state index contributed by atoms with van der Waals surface area (Å²) in [5.74, 6) is -7.45. The van der Waals surface area contributed by atoms with E-state index in [0.717, 1.165) is 19.2 Å². The molecule has 1 heterocycles. The molecular formula is C20H17F3N2O4. The van der Waals surface area contributed by atoms with E-state index >= 15 is 0 Å². The van der Waals surface area contributed by atoms with Crippen LogP contribution >= 0.6 is 0 Å². The summed E-state index contributed by atoms with van der Waals surface area (Å²) in [5.41, 5.74) is -0.364. The van der Waals surface area contributed by atoms with E-state index in [9.17, 15) is 27.6 Å². The fraction of sp³-hybridized carbons (Fsp3) is 0.250. The normalized spacial score (nSPS) is 18.7. The van der Waals surface area contributed by atoms with Gasteiger partial charge in [-0.1, -0.05) is 12.1 Å². The van der Waals surface area contributed by atoms with Crippen LogP contribution in [0.25, 0.3) is 0 Å². The van der Waals surface area contributed by atoms with Crippen LogP contribution in [0.2, 0.25) is 0 Å². The van der Waals surface area contributed by atoms with Crippen LogP contribution in [0.15, 0.2) is 36.4 Å². The van der Waals surface area contributed by atoms with Crippen LogP contribution in [0.4, 0.5) is 18.9 Å². The molecule has 1 N–H and O–H groups in total. The van der Waals surface area contributed by atoms with E-state index in [0.29, 0.717) is 5.56 Å². The molecule has 9 heteroatoms. The highest BCUT2D eigenvalue weighted by Gasteiger charge is 2.44. The molecule has 0 spiro atoms. The van der Waals surface area contributed by atoms with Gasteiger partial charge in [0.2, 0.25) is 11.8 Å². The largest absolute Gasteiger partial charge is 0.465 e. The first-order chi connectivity index (χ1) is 13.7. The van der Waals surface area contributed by atoms with Gasteiger partial charge >= 0.3 is 5.97 Å². The number of nitrogens with one attached hydrogen (secondary N) is 1. The molecule has 1 aliphatic rings. The number of amides is 2. The third-order valence-electron chi connectivity index (χ3n) is 4.83. The summed E-state index contributed by atoms with van der Waals surface area (Å²) in [4.78, 5) is 38.4. The van der Waals surface area contributed by atoms with Crippen molar-refractivity contribution in [2.24, 2.45) is 5.92 Å². The lowest BCUT2D eigenvalue weighted by atomic mass is 9.87. The van der Waals surface area contributed by atoms with Gasteiger partial charge in [0, 0.05) is 19.5 Å². The van der Waals surface area contributed by atoms with E-state index < -0.39 is 52.8 Å². The van der Waals surface area contributed by atoms with E-state index in [1.807, 2.05) is 0 Å². The van der Waals surface area contributed by atoms with Crippen molar-refractivity contribution in [3.63, 3.8) is 0 Å². The van der Waals surface area contributed by atoms with Crippen molar-refractivity contribution in [3.8, 4) is 0 Å². The Morgan fingerprint density at radius 1 is 1.14 bits per heavy atom. The average molecular weight is 406 g/mol. The van der Waals surface area contributed by atoms with Crippen LogP contribution in [-0.4, -0.2) is 43.4 Å². The molecule has 1 saturated heterocycles. The number of rotatable bonds is 4. The minimum Gasteiger partial charge on any atom is -0.465 e. The smallest absolute Gasteiger partial charge is 0.340 e. The number of likely N-dealkylation sites (tertiary alicyclic amines) is 1. The highest BCUT2D eigenvalue weighted by molar-refractivity contribution is 6.08. The summed E-state index contributed by atoms with van der Waals surface area (Å²) in [6, 6.07) is 6.92. The molecule has 6 nitrogen and oxygen atoms in total. The van der Waals surface area contributed by atoms with Gasteiger partial charge in [0.15, 0.2) is 11.6 Å². The first-order valence-corrected chi connectivity index (χ1v) is 8.62. The molecule has 2 amide bonds. The van der Waals surface area contributed by atoms with Crippen molar-refractivity contribution in [3.05, 3.63) is 65.0 Å². The Morgan fingerprint density at radius 3 is 2.55 bits per heavy atom. The van der Waals surface area contributed by atoms with Crippen molar-refractivity contribution < 1.29 is 32.3 Å². The molecule has 0 radical (unpaired) electrons. The molecule has 2 atom stereocenters. The number of methoxy groups -OCH3 is 1. The molecule has 0 unspecified atom stereocenters. The molecule has 0 aromatic heterocycles. The number of benzene rings is 2. The second kappa shape index (κ2) is 7.94. The summed E-state index contributed by atoms with van der Waals surface area (Å²) in [6.07, 6.45) is 0. The average Bonchev–Trinajstić information content (AvgIpc) is 3.00. The van der Waals surface area contributed by atoms with Crippen molar-refractivity contribution in [1.82, 2.24) is 4.90 Å². The number of hydrogen-bond acceptors (Lipinski definition) is 4. The molecule has 0 aliphatic carbocycles. The zero-order valence-corrected chi connectivity index (χ0v) is 15.5. The summed E-state index contributed by atoms with van der Waals surface area (Å²) < 4.78 is 45.8. The van der Waals surface area contributed by atoms with Crippen molar-refractivity contribution >= 4 is 23.5 Å². The number of carbonyl (C=O) groups is 3. The van der Waals surface area contributed by atoms with Crippen LogP contribution < -0.4 is 5.32 Å².